The van der Waals surface area contributed by atoms with Crippen LogP contribution in [0.2, 0.25) is 0 Å². The van der Waals surface area contributed by atoms with E-state index in [1.54, 1.807) is 0 Å². The molecule has 0 spiro atoms. The van der Waals surface area contributed by atoms with Crippen molar-refractivity contribution in [3.8, 4) is 11.4 Å². The minimum atomic E-state index is 0.101. The van der Waals surface area contributed by atoms with Crippen LogP contribution in [0.15, 0.2) is 28.7 Å². The second-order valence-electron chi connectivity index (χ2n) is 2.79. The molecule has 74 valence electrons. The molecule has 0 amide bonds. The van der Waals surface area contributed by atoms with Crippen molar-refractivity contribution in [2.24, 2.45) is 0 Å². The zero-order valence-corrected chi connectivity index (χ0v) is 9.22. The van der Waals surface area contributed by atoms with E-state index in [2.05, 4.69) is 36.2 Å². The van der Waals surface area contributed by atoms with Crippen LogP contribution in [-0.2, 0) is 6.67 Å². The van der Waals surface area contributed by atoms with E-state index >= 15 is 0 Å². The molecule has 15 heavy (non-hydrogen) atoms. The van der Waals surface area contributed by atoms with Crippen LogP contribution in [0, 0.1) is 6.57 Å². The highest BCUT2D eigenvalue weighted by Gasteiger charge is 2.05. The quantitative estimate of drug-likeness (QED) is 0.779. The van der Waals surface area contributed by atoms with Gasteiger partial charge in [0.1, 0.15) is 0 Å². The Bertz CT molecular complexity index is 496. The Morgan fingerprint density at radius 3 is 2.73 bits per heavy atom. The second kappa shape index (κ2) is 4.19. The van der Waals surface area contributed by atoms with Gasteiger partial charge in [-0.2, -0.15) is 0 Å². The molecule has 1 heterocycles. The van der Waals surface area contributed by atoms with Gasteiger partial charge in [0, 0.05) is 10.0 Å². The van der Waals surface area contributed by atoms with E-state index in [1.165, 1.54) is 4.80 Å². The van der Waals surface area contributed by atoms with Crippen LogP contribution in [0.1, 0.15) is 0 Å². The maximum atomic E-state index is 6.67. The maximum Gasteiger partial charge on any atom is 0.325 e. The molecule has 0 bridgehead atoms. The van der Waals surface area contributed by atoms with E-state index in [4.69, 9.17) is 6.57 Å². The molecule has 0 fully saturated rings. The summed E-state index contributed by atoms with van der Waals surface area (Å²) < 4.78 is 1.000. The highest BCUT2D eigenvalue weighted by Crippen LogP contribution is 2.17. The van der Waals surface area contributed by atoms with Gasteiger partial charge in [0.25, 0.3) is 0 Å². The Balaban J connectivity index is 2.30. The number of benzene rings is 1. The lowest BCUT2D eigenvalue weighted by Gasteiger charge is -1.93. The lowest BCUT2D eigenvalue weighted by atomic mass is 10.2. The molecule has 5 nitrogen and oxygen atoms in total. The first-order valence-corrected chi connectivity index (χ1v) is 4.96. The molecule has 0 aliphatic carbocycles. The normalized spacial score (nSPS) is 9.87. The predicted molar refractivity (Wildman–Crippen MR) is 57.6 cm³/mol. The summed E-state index contributed by atoms with van der Waals surface area (Å²) >= 11 is 3.35. The van der Waals surface area contributed by atoms with E-state index in [0.29, 0.717) is 5.82 Å². The van der Waals surface area contributed by atoms with E-state index in [1.807, 2.05) is 24.3 Å². The summed E-state index contributed by atoms with van der Waals surface area (Å²) in [5, 5.41) is 11.7. The molecule has 6 heteroatoms. The fourth-order valence-electron chi connectivity index (χ4n) is 1.08. The monoisotopic (exact) mass is 263 g/mol. The molecule has 1 aromatic carbocycles. The lowest BCUT2D eigenvalue weighted by Crippen LogP contribution is -1.98. The maximum absolute atomic E-state index is 6.67. The molecule has 0 N–H and O–H groups in total. The van der Waals surface area contributed by atoms with Gasteiger partial charge >= 0.3 is 6.67 Å². The molecule has 0 saturated heterocycles. The van der Waals surface area contributed by atoms with Crippen molar-refractivity contribution in [3.63, 3.8) is 0 Å². The smallest absolute Gasteiger partial charge is 0.289 e. The van der Waals surface area contributed by atoms with Crippen LogP contribution in [0.25, 0.3) is 16.2 Å². The molecule has 0 aliphatic rings. The van der Waals surface area contributed by atoms with Gasteiger partial charge < -0.3 is 0 Å². The third kappa shape index (κ3) is 2.19. The largest absolute Gasteiger partial charge is 0.325 e. The van der Waals surface area contributed by atoms with E-state index < -0.39 is 0 Å². The minimum Gasteiger partial charge on any atom is -0.289 e. The summed E-state index contributed by atoms with van der Waals surface area (Å²) in [4.78, 5) is 4.44. The number of halogens is 1. The van der Waals surface area contributed by atoms with Crippen LogP contribution < -0.4 is 0 Å². The Labute approximate surface area is 94.7 Å². The summed E-state index contributed by atoms with van der Waals surface area (Å²) in [6, 6.07) is 7.60. The van der Waals surface area contributed by atoms with Crippen molar-refractivity contribution < 1.29 is 0 Å². The van der Waals surface area contributed by atoms with Gasteiger partial charge in [-0.05, 0) is 29.5 Å². The van der Waals surface area contributed by atoms with Crippen molar-refractivity contribution >= 4 is 15.9 Å². The molecule has 0 aliphatic heterocycles. The molecule has 0 unspecified atom stereocenters. The van der Waals surface area contributed by atoms with Crippen LogP contribution in [0.4, 0.5) is 0 Å². The van der Waals surface area contributed by atoms with E-state index in [-0.39, 0.29) is 6.67 Å². The highest BCUT2D eigenvalue weighted by atomic mass is 79.9. The molecular weight excluding hydrogens is 258 g/mol. The van der Waals surface area contributed by atoms with Crippen molar-refractivity contribution in [2.75, 3.05) is 0 Å². The van der Waals surface area contributed by atoms with E-state index in [9.17, 15) is 0 Å². The molecule has 0 radical (unpaired) electrons. The Morgan fingerprint density at radius 2 is 2.07 bits per heavy atom. The number of hydrogen-bond donors (Lipinski definition) is 0. The van der Waals surface area contributed by atoms with Crippen LogP contribution in [0.3, 0.4) is 0 Å². The molecule has 1 aromatic heterocycles. The first-order chi connectivity index (χ1) is 7.29. The van der Waals surface area contributed by atoms with Gasteiger partial charge in [-0.25, -0.2) is 6.57 Å². The van der Waals surface area contributed by atoms with Gasteiger partial charge in [0.05, 0.1) is 0 Å². The SMILES string of the molecule is [C-]#[N+]Cn1nnc(-c2ccc(Br)cc2)n1. The van der Waals surface area contributed by atoms with Crippen molar-refractivity contribution in [2.45, 2.75) is 6.67 Å². The van der Waals surface area contributed by atoms with Crippen molar-refractivity contribution in [3.05, 3.63) is 40.2 Å². The first kappa shape index (κ1) is 9.80. The molecular formula is C9H6BrN5. The summed E-state index contributed by atoms with van der Waals surface area (Å²) in [7, 11) is 0. The van der Waals surface area contributed by atoms with Gasteiger partial charge in [-0.1, -0.05) is 20.7 Å². The molecule has 0 saturated carbocycles. The number of nitrogens with zero attached hydrogens (tertiary/aromatic N) is 5. The Morgan fingerprint density at radius 1 is 1.33 bits per heavy atom. The summed E-state index contributed by atoms with van der Waals surface area (Å²) in [5.74, 6) is 0.533. The third-order valence-corrected chi connectivity index (χ3v) is 2.28. The van der Waals surface area contributed by atoms with Gasteiger partial charge in [0.15, 0.2) is 0 Å². The number of tetrazole rings is 1. The van der Waals surface area contributed by atoms with E-state index in [0.717, 1.165) is 10.0 Å². The highest BCUT2D eigenvalue weighted by molar-refractivity contribution is 9.10. The molecule has 0 atom stereocenters. The van der Waals surface area contributed by atoms with Crippen molar-refractivity contribution in [1.29, 1.82) is 0 Å². The lowest BCUT2D eigenvalue weighted by molar-refractivity contribution is 0.580. The van der Waals surface area contributed by atoms with Crippen LogP contribution in [-0.4, -0.2) is 20.2 Å². The standard InChI is InChI=1S/C9H6BrN5/c1-11-6-15-13-9(12-14-15)7-2-4-8(10)5-3-7/h2-5H,6H2. The number of aromatic nitrogens is 4. The fourth-order valence-corrected chi connectivity index (χ4v) is 1.35. The molecule has 2 aromatic rings. The van der Waals surface area contributed by atoms with Crippen molar-refractivity contribution in [1.82, 2.24) is 20.2 Å². The van der Waals surface area contributed by atoms with Gasteiger partial charge in [0.2, 0.25) is 5.82 Å². The topological polar surface area (TPSA) is 48.0 Å². The number of hydrogen-bond acceptors (Lipinski definition) is 3. The van der Waals surface area contributed by atoms with Crippen LogP contribution >= 0.6 is 15.9 Å². The second-order valence-corrected chi connectivity index (χ2v) is 3.71. The zero-order chi connectivity index (χ0) is 10.7. The van der Waals surface area contributed by atoms with Crippen LogP contribution in [0.5, 0.6) is 0 Å². The average molecular weight is 264 g/mol. The summed E-state index contributed by atoms with van der Waals surface area (Å²) in [5.41, 5.74) is 0.884. The molecule has 2 rings (SSSR count). The van der Waals surface area contributed by atoms with Gasteiger partial charge in [-0.15, -0.1) is 10.2 Å². The minimum absolute atomic E-state index is 0.101. The number of rotatable bonds is 2. The Kier molecular flexibility index (Phi) is 2.74. The summed E-state index contributed by atoms with van der Waals surface area (Å²) in [6.45, 7) is 6.77. The predicted octanol–water partition coefficient (Wildman–Crippen LogP) is 1.98. The zero-order valence-electron chi connectivity index (χ0n) is 7.63. The average Bonchev–Trinajstić information content (AvgIpc) is 2.68. The Hall–Kier alpha value is -1.74. The van der Waals surface area contributed by atoms with Gasteiger partial charge in [-0.3, -0.25) is 4.85 Å². The third-order valence-electron chi connectivity index (χ3n) is 1.75. The first-order valence-electron chi connectivity index (χ1n) is 4.16. The fraction of sp³-hybridized carbons (Fsp3) is 0.111. The summed E-state index contributed by atoms with van der Waals surface area (Å²) in [6.07, 6.45) is 0.